The van der Waals surface area contributed by atoms with E-state index in [2.05, 4.69) is 0 Å². The second-order valence-electron chi connectivity index (χ2n) is 4.15. The summed E-state index contributed by atoms with van der Waals surface area (Å²) in [5, 5.41) is 0. The van der Waals surface area contributed by atoms with Crippen LogP contribution in [0.3, 0.4) is 0 Å². The lowest BCUT2D eigenvalue weighted by Gasteiger charge is -2.21. The highest BCUT2D eigenvalue weighted by Gasteiger charge is 2.15. The Hall–Kier alpha value is -0.610. The van der Waals surface area contributed by atoms with Gasteiger partial charge in [-0.3, -0.25) is 4.79 Å². The Bertz CT molecular complexity index is 189. The summed E-state index contributed by atoms with van der Waals surface area (Å²) in [4.78, 5) is 13.6. The highest BCUT2D eigenvalue weighted by atomic mass is 16.5. The van der Waals surface area contributed by atoms with Gasteiger partial charge in [0.2, 0.25) is 5.91 Å². The summed E-state index contributed by atoms with van der Waals surface area (Å²) in [6.07, 6.45) is 4.70. The number of hydrogen-bond donors (Lipinski definition) is 1. The van der Waals surface area contributed by atoms with Crippen LogP contribution in [0.2, 0.25) is 0 Å². The van der Waals surface area contributed by atoms with Gasteiger partial charge in [0, 0.05) is 19.6 Å². The van der Waals surface area contributed by atoms with Crippen LogP contribution in [0, 0.1) is 0 Å². The van der Waals surface area contributed by atoms with Crippen molar-refractivity contribution in [2.24, 2.45) is 5.73 Å². The molecule has 4 heteroatoms. The zero-order valence-electron chi connectivity index (χ0n) is 9.58. The van der Waals surface area contributed by atoms with Crippen molar-refractivity contribution in [1.29, 1.82) is 0 Å². The minimum Gasteiger partial charge on any atom is -0.367 e. The van der Waals surface area contributed by atoms with E-state index in [4.69, 9.17) is 10.5 Å². The molecule has 1 atom stereocenters. The molecule has 0 aromatic carbocycles. The number of carbonyl (C=O) groups is 1. The molecule has 0 aliphatic carbocycles. The number of likely N-dealkylation sites (tertiary alicyclic amines) is 1. The zero-order valence-corrected chi connectivity index (χ0v) is 9.58. The number of ether oxygens (including phenoxy) is 1. The number of carbonyl (C=O) groups excluding carboxylic acids is 1. The summed E-state index contributed by atoms with van der Waals surface area (Å²) in [7, 11) is 0. The minimum atomic E-state index is -0.0269. The van der Waals surface area contributed by atoms with Crippen LogP contribution >= 0.6 is 0 Å². The Balaban J connectivity index is 2.25. The zero-order chi connectivity index (χ0) is 11.1. The molecule has 1 aliphatic rings. The van der Waals surface area contributed by atoms with Crippen LogP contribution in [-0.2, 0) is 9.53 Å². The normalized spacial score (nSPS) is 19.7. The van der Waals surface area contributed by atoms with Crippen LogP contribution < -0.4 is 5.73 Å². The van der Waals surface area contributed by atoms with Gasteiger partial charge >= 0.3 is 0 Å². The number of amides is 1. The predicted octanol–water partition coefficient (Wildman–Crippen LogP) is 0.753. The van der Waals surface area contributed by atoms with Gasteiger partial charge in [0.05, 0.1) is 6.10 Å². The van der Waals surface area contributed by atoms with Crippen molar-refractivity contribution in [3.63, 3.8) is 0 Å². The SMILES string of the molecule is CC(CN)OCC(=O)N1CCCCCC1. The van der Waals surface area contributed by atoms with Crippen LogP contribution in [0.1, 0.15) is 32.6 Å². The van der Waals surface area contributed by atoms with Crippen molar-refractivity contribution in [3.05, 3.63) is 0 Å². The Morgan fingerprint density at radius 2 is 1.93 bits per heavy atom. The summed E-state index contributed by atoms with van der Waals surface area (Å²) in [6, 6.07) is 0. The Morgan fingerprint density at radius 1 is 1.33 bits per heavy atom. The van der Waals surface area contributed by atoms with E-state index in [1.807, 2.05) is 11.8 Å². The third-order valence-electron chi connectivity index (χ3n) is 2.78. The first-order chi connectivity index (χ1) is 7.24. The van der Waals surface area contributed by atoms with Crippen molar-refractivity contribution in [2.45, 2.75) is 38.7 Å². The van der Waals surface area contributed by atoms with Crippen LogP contribution in [0.25, 0.3) is 0 Å². The lowest BCUT2D eigenvalue weighted by molar-refractivity contribution is -0.137. The lowest BCUT2D eigenvalue weighted by Crippen LogP contribution is -2.36. The standard InChI is InChI=1S/C11H22N2O2/c1-10(8-12)15-9-11(14)13-6-4-2-3-5-7-13/h10H,2-9,12H2,1H3. The maximum atomic E-state index is 11.7. The van der Waals surface area contributed by atoms with E-state index >= 15 is 0 Å². The molecule has 15 heavy (non-hydrogen) atoms. The van der Waals surface area contributed by atoms with E-state index in [1.54, 1.807) is 0 Å². The van der Waals surface area contributed by atoms with E-state index in [0.29, 0.717) is 6.54 Å². The molecule has 1 unspecified atom stereocenters. The minimum absolute atomic E-state index is 0.0269. The number of hydrogen-bond acceptors (Lipinski definition) is 3. The Morgan fingerprint density at radius 3 is 2.47 bits per heavy atom. The summed E-state index contributed by atoms with van der Waals surface area (Å²) in [6.45, 7) is 4.31. The maximum absolute atomic E-state index is 11.7. The van der Waals surface area contributed by atoms with Crippen molar-refractivity contribution in [1.82, 2.24) is 4.90 Å². The second-order valence-corrected chi connectivity index (χ2v) is 4.15. The number of nitrogens with zero attached hydrogens (tertiary/aromatic N) is 1. The molecule has 1 heterocycles. The van der Waals surface area contributed by atoms with Gasteiger partial charge in [-0.05, 0) is 19.8 Å². The third kappa shape index (κ3) is 4.62. The summed E-state index contributed by atoms with van der Waals surface area (Å²) >= 11 is 0. The molecule has 1 aliphatic heterocycles. The molecule has 2 N–H and O–H groups in total. The van der Waals surface area contributed by atoms with Crippen molar-refractivity contribution >= 4 is 5.91 Å². The summed E-state index contributed by atoms with van der Waals surface area (Å²) in [5.41, 5.74) is 5.41. The first kappa shape index (κ1) is 12.5. The van der Waals surface area contributed by atoms with Gasteiger partial charge in [-0.15, -0.1) is 0 Å². The average molecular weight is 214 g/mol. The van der Waals surface area contributed by atoms with Crippen LogP contribution in [0.4, 0.5) is 0 Å². The van der Waals surface area contributed by atoms with Gasteiger partial charge < -0.3 is 15.4 Å². The molecule has 0 radical (unpaired) electrons. The van der Waals surface area contributed by atoms with E-state index in [9.17, 15) is 4.79 Å². The Labute approximate surface area is 91.8 Å². The smallest absolute Gasteiger partial charge is 0.248 e. The fourth-order valence-electron chi connectivity index (χ4n) is 1.69. The maximum Gasteiger partial charge on any atom is 0.248 e. The summed E-state index contributed by atoms with van der Waals surface area (Å²) < 4.78 is 5.33. The molecule has 1 fully saturated rings. The van der Waals surface area contributed by atoms with Gasteiger partial charge in [0.15, 0.2) is 0 Å². The molecule has 1 saturated heterocycles. The molecule has 0 aromatic rings. The molecule has 0 bridgehead atoms. The van der Waals surface area contributed by atoms with E-state index in [0.717, 1.165) is 25.9 Å². The van der Waals surface area contributed by atoms with Gasteiger partial charge in [0.1, 0.15) is 6.61 Å². The highest BCUT2D eigenvalue weighted by molar-refractivity contribution is 5.77. The van der Waals surface area contributed by atoms with Crippen molar-refractivity contribution in [3.8, 4) is 0 Å². The number of nitrogens with two attached hydrogens (primary N) is 1. The van der Waals surface area contributed by atoms with Crippen LogP contribution in [0.15, 0.2) is 0 Å². The van der Waals surface area contributed by atoms with E-state index < -0.39 is 0 Å². The molecule has 0 saturated carbocycles. The first-order valence-corrected chi connectivity index (χ1v) is 5.83. The molecule has 1 rings (SSSR count). The van der Waals surface area contributed by atoms with E-state index in [-0.39, 0.29) is 18.6 Å². The topological polar surface area (TPSA) is 55.6 Å². The van der Waals surface area contributed by atoms with E-state index in [1.165, 1.54) is 12.8 Å². The molecule has 1 amide bonds. The fourth-order valence-corrected chi connectivity index (χ4v) is 1.69. The highest BCUT2D eigenvalue weighted by Crippen LogP contribution is 2.09. The molecule has 88 valence electrons. The van der Waals surface area contributed by atoms with Crippen molar-refractivity contribution in [2.75, 3.05) is 26.2 Å². The largest absolute Gasteiger partial charge is 0.367 e. The quantitative estimate of drug-likeness (QED) is 0.751. The van der Waals surface area contributed by atoms with Gasteiger partial charge in [-0.1, -0.05) is 12.8 Å². The Kier molecular flexibility index (Phi) is 5.65. The lowest BCUT2D eigenvalue weighted by atomic mass is 10.2. The van der Waals surface area contributed by atoms with Gasteiger partial charge in [-0.25, -0.2) is 0 Å². The molecular weight excluding hydrogens is 192 g/mol. The fraction of sp³-hybridized carbons (Fsp3) is 0.909. The predicted molar refractivity (Wildman–Crippen MR) is 59.5 cm³/mol. The van der Waals surface area contributed by atoms with Crippen LogP contribution in [0.5, 0.6) is 0 Å². The van der Waals surface area contributed by atoms with Crippen molar-refractivity contribution < 1.29 is 9.53 Å². The molecule has 0 spiro atoms. The first-order valence-electron chi connectivity index (χ1n) is 5.83. The van der Waals surface area contributed by atoms with Crippen LogP contribution in [-0.4, -0.2) is 43.2 Å². The molecule has 4 nitrogen and oxygen atoms in total. The number of rotatable bonds is 4. The van der Waals surface area contributed by atoms with Gasteiger partial charge in [0.25, 0.3) is 0 Å². The average Bonchev–Trinajstić information content (AvgIpc) is 2.53. The monoisotopic (exact) mass is 214 g/mol. The van der Waals surface area contributed by atoms with Gasteiger partial charge in [-0.2, -0.15) is 0 Å². The molecular formula is C11H22N2O2. The summed E-state index contributed by atoms with van der Waals surface area (Å²) in [5.74, 6) is 0.109. The molecule has 0 aromatic heterocycles. The second kappa shape index (κ2) is 6.80. The third-order valence-corrected chi connectivity index (χ3v) is 2.78.